The lowest BCUT2D eigenvalue weighted by molar-refractivity contribution is -0.138. The van der Waals surface area contributed by atoms with E-state index in [1.54, 1.807) is 43.3 Å². The van der Waals surface area contributed by atoms with Crippen LogP contribution in [0.25, 0.3) is 0 Å². The first-order valence-electron chi connectivity index (χ1n) is 17.0. The van der Waals surface area contributed by atoms with Crippen molar-refractivity contribution in [3.8, 4) is 0 Å². The number of nitrogens with two attached hydrogens (primary N) is 1. The number of anilines is 6. The minimum atomic E-state index is -4.63. The van der Waals surface area contributed by atoms with Crippen LogP contribution in [0.5, 0.6) is 0 Å². The molecule has 308 valence electrons. The van der Waals surface area contributed by atoms with Gasteiger partial charge >= 0.3 is 24.5 Å². The Morgan fingerprint density at radius 1 is 0.655 bits per heavy atom. The Hall–Kier alpha value is -6.74. The van der Waals surface area contributed by atoms with Crippen molar-refractivity contribution < 1.29 is 55.0 Å². The highest BCUT2D eigenvalue weighted by atomic mass is 19.4. The molecular weight excluding hydrogens is 782 g/mol. The predicted octanol–water partition coefficient (Wildman–Crippen LogP) is 5.23. The lowest BCUT2D eigenvalue weighted by Gasteiger charge is -2.25. The molecule has 6 rings (SSSR count). The van der Waals surface area contributed by atoms with E-state index in [0.717, 1.165) is 32.9 Å². The fourth-order valence-corrected chi connectivity index (χ4v) is 5.74. The van der Waals surface area contributed by atoms with Crippen molar-refractivity contribution in [3.05, 3.63) is 83.2 Å². The Morgan fingerprint density at radius 2 is 1.05 bits per heavy atom. The lowest BCUT2D eigenvalue weighted by atomic mass is 10.2. The van der Waals surface area contributed by atoms with Crippen molar-refractivity contribution in [2.45, 2.75) is 38.3 Å². The van der Waals surface area contributed by atoms with Crippen molar-refractivity contribution in [1.82, 2.24) is 19.9 Å². The zero-order valence-corrected chi connectivity index (χ0v) is 31.7. The maximum atomic E-state index is 13.2. The molecule has 4 aromatic rings. The number of hydrogen-bond acceptors (Lipinski definition) is 12. The maximum absolute atomic E-state index is 13.2. The fourth-order valence-electron chi connectivity index (χ4n) is 5.74. The summed E-state index contributed by atoms with van der Waals surface area (Å²) < 4.78 is 88.8. The van der Waals surface area contributed by atoms with E-state index < -0.39 is 59.6 Å². The number of rotatable bonds is 7. The summed E-state index contributed by atoms with van der Waals surface area (Å²) in [6, 6.07) is 10.5. The number of hydrogen-bond donors (Lipinski definition) is 1. The van der Waals surface area contributed by atoms with Gasteiger partial charge in [-0.1, -0.05) is 12.1 Å². The highest BCUT2D eigenvalue weighted by Gasteiger charge is 2.44. The molecule has 4 amide bonds. The zero-order chi connectivity index (χ0) is 42.9. The molecular formula is C36H36F6N10O6. The van der Waals surface area contributed by atoms with Crippen molar-refractivity contribution in [1.29, 1.82) is 0 Å². The van der Waals surface area contributed by atoms with Crippen molar-refractivity contribution >= 4 is 58.9 Å². The number of aromatic nitrogens is 4. The molecule has 0 spiro atoms. The van der Waals surface area contributed by atoms with Crippen LogP contribution in [0.1, 0.15) is 22.5 Å². The minimum Gasteiger partial charge on any atom is -0.446 e. The van der Waals surface area contributed by atoms with Gasteiger partial charge in [-0.05, 0) is 62.4 Å². The zero-order valence-electron chi connectivity index (χ0n) is 31.7. The summed E-state index contributed by atoms with van der Waals surface area (Å²) in [5, 5.41) is 0. The van der Waals surface area contributed by atoms with Crippen LogP contribution < -0.4 is 30.2 Å². The lowest BCUT2D eigenvalue weighted by Crippen LogP contribution is -2.47. The van der Waals surface area contributed by atoms with Gasteiger partial charge in [-0.15, -0.1) is 0 Å². The number of nitrogen functional groups attached to an aromatic ring is 1. The predicted molar refractivity (Wildman–Crippen MR) is 197 cm³/mol. The Bertz CT molecular complexity index is 2220. The van der Waals surface area contributed by atoms with E-state index in [0.29, 0.717) is 17.7 Å². The molecule has 16 nitrogen and oxygen atoms in total. The van der Waals surface area contributed by atoms with Crippen LogP contribution in [0.4, 0.5) is 70.8 Å². The molecule has 2 aliphatic rings. The molecule has 22 heteroatoms. The average molecular weight is 819 g/mol. The third kappa shape index (κ3) is 9.27. The summed E-state index contributed by atoms with van der Waals surface area (Å²) in [5.41, 5.74) is 3.76. The second-order valence-electron chi connectivity index (χ2n) is 13.1. The van der Waals surface area contributed by atoms with Crippen LogP contribution in [-0.4, -0.2) is 97.4 Å². The van der Waals surface area contributed by atoms with Gasteiger partial charge in [-0.3, -0.25) is 19.4 Å². The number of cyclic esters (lactones) is 2. The summed E-state index contributed by atoms with van der Waals surface area (Å²) in [5.74, 6) is -0.465. The van der Waals surface area contributed by atoms with Crippen LogP contribution in [0.2, 0.25) is 0 Å². The van der Waals surface area contributed by atoms with Gasteiger partial charge in [0.2, 0.25) is 0 Å². The molecule has 0 unspecified atom stereocenters. The summed E-state index contributed by atoms with van der Waals surface area (Å²) >= 11 is 0. The first-order valence-corrected chi connectivity index (χ1v) is 17.0. The molecule has 0 aromatic carbocycles. The summed E-state index contributed by atoms with van der Waals surface area (Å²) in [6.45, 7) is 2.09. The van der Waals surface area contributed by atoms with Gasteiger partial charge in [0.15, 0.2) is 12.1 Å². The van der Waals surface area contributed by atoms with Gasteiger partial charge in [-0.2, -0.15) is 26.3 Å². The van der Waals surface area contributed by atoms with Crippen LogP contribution in [-0.2, 0) is 31.4 Å². The molecule has 0 radical (unpaired) electrons. The molecule has 2 fully saturated rings. The Balaban J connectivity index is 0.000000221. The van der Waals surface area contributed by atoms with Crippen LogP contribution in [0.15, 0.2) is 60.7 Å². The molecule has 0 bridgehead atoms. The summed E-state index contributed by atoms with van der Waals surface area (Å²) in [7, 11) is 6.47. The highest BCUT2D eigenvalue weighted by molar-refractivity contribution is 6.06. The largest absolute Gasteiger partial charge is 0.446 e. The molecule has 58 heavy (non-hydrogen) atoms. The van der Waals surface area contributed by atoms with E-state index >= 15 is 0 Å². The van der Waals surface area contributed by atoms with Gasteiger partial charge in [0.05, 0.1) is 11.1 Å². The third-order valence-electron chi connectivity index (χ3n) is 8.63. The highest BCUT2D eigenvalue weighted by Crippen LogP contribution is 2.35. The van der Waals surface area contributed by atoms with Gasteiger partial charge in [0.1, 0.15) is 48.1 Å². The van der Waals surface area contributed by atoms with Gasteiger partial charge in [0.25, 0.3) is 11.8 Å². The van der Waals surface area contributed by atoms with Gasteiger partial charge in [-0.25, -0.2) is 39.3 Å². The van der Waals surface area contributed by atoms with Crippen molar-refractivity contribution in [3.63, 3.8) is 0 Å². The van der Waals surface area contributed by atoms with Crippen molar-refractivity contribution in [2.75, 3.05) is 71.6 Å². The van der Waals surface area contributed by atoms with E-state index in [2.05, 4.69) is 19.9 Å². The van der Waals surface area contributed by atoms with Gasteiger partial charge < -0.3 is 20.1 Å². The molecule has 6 heterocycles. The number of carbonyl (C=O) groups excluding carboxylic acids is 4. The molecule has 0 saturated carbocycles. The standard InChI is InChI=1S/C19H20F3N5O3.C17H16F3N5O3/c1-11-8-12(19(20,21)22)9-16(23-11)27-13(10-30-18(27)29)17(28)26(4)15-7-5-6-14(24-15)25(2)3;1-9-6-10(17(18,19)20)7-14(22-9)25-11(8-28-16(25)27)15(26)24(2)13-5-3-4-12(21)23-13/h5-9,13H,10H2,1-4H3;3-7,11H,8H2,1-2H3,(H2,21,23)/t13-;11-/m00/s1. The SMILES string of the molecule is Cc1cc(C(F)(F)F)cc(N2C(=O)OC[C@H]2C(=O)N(C)c2cccc(N(C)C)n2)n1.Cc1cc(C(F)(F)F)cc(N2C(=O)OC[C@H]2C(=O)N(C)c2cccc(N)n2)n1. The second-order valence-corrected chi connectivity index (χ2v) is 13.1. The number of carbonyl (C=O) groups is 4. The molecule has 2 atom stereocenters. The first kappa shape index (κ1) is 42.4. The number of nitrogens with zero attached hydrogens (tertiary/aromatic N) is 9. The molecule has 2 N–H and O–H groups in total. The number of ether oxygens (including phenoxy) is 2. The van der Waals surface area contributed by atoms with E-state index in [-0.39, 0.29) is 47.9 Å². The summed E-state index contributed by atoms with van der Waals surface area (Å²) in [6.07, 6.45) is -11.2. The van der Waals surface area contributed by atoms with E-state index in [4.69, 9.17) is 15.2 Å². The summed E-state index contributed by atoms with van der Waals surface area (Å²) in [4.78, 5) is 72.5. The van der Waals surface area contributed by atoms with Crippen LogP contribution in [0.3, 0.4) is 0 Å². The Labute approximate surface area is 326 Å². The average Bonchev–Trinajstić information content (AvgIpc) is 3.74. The first-order chi connectivity index (χ1) is 27.1. The topological polar surface area (TPSA) is 181 Å². The van der Waals surface area contributed by atoms with E-state index in [1.165, 1.54) is 45.0 Å². The number of halogens is 6. The number of likely N-dealkylation sites (N-methyl/N-ethyl adjacent to an activating group) is 2. The van der Waals surface area contributed by atoms with Crippen molar-refractivity contribution in [2.24, 2.45) is 0 Å². The number of alkyl halides is 6. The third-order valence-corrected chi connectivity index (χ3v) is 8.63. The van der Waals surface area contributed by atoms with E-state index in [1.807, 2.05) is 0 Å². The van der Waals surface area contributed by atoms with Crippen LogP contribution in [0, 0.1) is 13.8 Å². The minimum absolute atomic E-state index is 0.0431. The monoisotopic (exact) mass is 818 g/mol. The molecule has 2 saturated heterocycles. The normalized spacial score (nSPS) is 16.6. The maximum Gasteiger partial charge on any atom is 0.416 e. The molecule has 4 aromatic heterocycles. The van der Waals surface area contributed by atoms with Crippen LogP contribution >= 0.6 is 0 Å². The molecule has 0 aliphatic carbocycles. The Kier molecular flexibility index (Phi) is 12.0. The van der Waals surface area contributed by atoms with Gasteiger partial charge in [0, 0.05) is 39.6 Å². The quantitative estimate of drug-likeness (QED) is 0.240. The molecule has 2 aliphatic heterocycles. The second kappa shape index (κ2) is 16.4. The number of pyridine rings is 4. The Morgan fingerprint density at radius 3 is 1.45 bits per heavy atom. The number of aryl methyl sites for hydroxylation is 2. The fraction of sp³-hybridized carbons (Fsp3) is 0.333. The number of amides is 4. The van der Waals surface area contributed by atoms with E-state index in [9.17, 15) is 45.5 Å². The smallest absolute Gasteiger partial charge is 0.416 e.